The number of non-ortho nitro benzene ring substituents is 1. The summed E-state index contributed by atoms with van der Waals surface area (Å²) in [7, 11) is 0. The number of ketones is 1. The summed E-state index contributed by atoms with van der Waals surface area (Å²) in [6, 6.07) is 5.45. The number of hydrogen-bond donors (Lipinski definition) is 1. The van der Waals surface area contributed by atoms with Crippen LogP contribution >= 0.6 is 0 Å². The molecule has 6 nitrogen and oxygen atoms in total. The molecule has 6 heteroatoms. The van der Waals surface area contributed by atoms with E-state index in [-0.39, 0.29) is 24.3 Å². The number of carbonyl (C=O) groups excluding carboxylic acids is 1. The zero-order valence-corrected chi connectivity index (χ0v) is 8.75. The molecule has 0 heterocycles. The second-order valence-corrected chi connectivity index (χ2v) is 4.09. The molecule has 0 amide bonds. The SMILES string of the molecule is O=C1CC(C(=O)O)(c2cccc([N+](=O)[O-])c2)C1. The van der Waals surface area contributed by atoms with Crippen molar-refractivity contribution in [2.75, 3.05) is 0 Å². The van der Waals surface area contributed by atoms with Gasteiger partial charge in [-0.05, 0) is 5.56 Å². The Kier molecular flexibility index (Phi) is 2.42. The molecule has 1 aromatic carbocycles. The van der Waals surface area contributed by atoms with E-state index < -0.39 is 16.3 Å². The maximum Gasteiger partial charge on any atom is 0.315 e. The maximum absolute atomic E-state index is 11.2. The van der Waals surface area contributed by atoms with Gasteiger partial charge < -0.3 is 5.11 Å². The van der Waals surface area contributed by atoms with Gasteiger partial charge in [0.25, 0.3) is 5.69 Å². The predicted octanol–water partition coefficient (Wildman–Crippen LogP) is 1.28. The Labute approximate surface area is 96.0 Å². The zero-order valence-electron chi connectivity index (χ0n) is 8.75. The fourth-order valence-corrected chi connectivity index (χ4v) is 2.02. The van der Waals surface area contributed by atoms with Crippen molar-refractivity contribution in [3.63, 3.8) is 0 Å². The molecule has 1 fully saturated rings. The summed E-state index contributed by atoms with van der Waals surface area (Å²) in [5, 5.41) is 19.8. The summed E-state index contributed by atoms with van der Waals surface area (Å²) in [5.74, 6) is -1.25. The fourth-order valence-electron chi connectivity index (χ4n) is 2.02. The first-order valence-corrected chi connectivity index (χ1v) is 4.96. The van der Waals surface area contributed by atoms with E-state index in [2.05, 4.69) is 0 Å². The van der Waals surface area contributed by atoms with E-state index in [0.29, 0.717) is 5.56 Å². The molecule has 0 spiro atoms. The van der Waals surface area contributed by atoms with E-state index >= 15 is 0 Å². The van der Waals surface area contributed by atoms with Gasteiger partial charge in [0.2, 0.25) is 0 Å². The van der Waals surface area contributed by atoms with Gasteiger partial charge in [-0.1, -0.05) is 12.1 Å². The molecule has 0 aliphatic heterocycles. The number of benzene rings is 1. The summed E-state index contributed by atoms with van der Waals surface area (Å²) in [5.41, 5.74) is -1.12. The maximum atomic E-state index is 11.2. The van der Waals surface area contributed by atoms with Crippen LogP contribution in [0.4, 0.5) is 5.69 Å². The number of carbonyl (C=O) groups is 2. The van der Waals surface area contributed by atoms with Crippen molar-refractivity contribution in [3.8, 4) is 0 Å². The average Bonchev–Trinajstić information content (AvgIpc) is 2.24. The quantitative estimate of drug-likeness (QED) is 0.628. The van der Waals surface area contributed by atoms with Crippen LogP contribution in [0.5, 0.6) is 0 Å². The van der Waals surface area contributed by atoms with Crippen LogP contribution in [0.2, 0.25) is 0 Å². The molecule has 0 unspecified atom stereocenters. The Morgan fingerprint density at radius 3 is 2.53 bits per heavy atom. The first-order valence-electron chi connectivity index (χ1n) is 4.96. The van der Waals surface area contributed by atoms with Gasteiger partial charge in [0.15, 0.2) is 0 Å². The smallest absolute Gasteiger partial charge is 0.315 e. The van der Waals surface area contributed by atoms with Gasteiger partial charge in [-0.3, -0.25) is 19.7 Å². The van der Waals surface area contributed by atoms with Crippen molar-refractivity contribution in [3.05, 3.63) is 39.9 Å². The molecular weight excluding hydrogens is 226 g/mol. The van der Waals surface area contributed by atoms with E-state index in [4.69, 9.17) is 5.11 Å². The van der Waals surface area contributed by atoms with Crippen LogP contribution in [0.1, 0.15) is 18.4 Å². The molecule has 17 heavy (non-hydrogen) atoms. The minimum absolute atomic E-state index is 0.0937. The molecule has 0 aromatic heterocycles. The van der Waals surface area contributed by atoms with Crippen LogP contribution in [0, 0.1) is 10.1 Å². The first-order chi connectivity index (χ1) is 7.95. The third kappa shape index (κ3) is 1.67. The van der Waals surface area contributed by atoms with Gasteiger partial charge in [0.1, 0.15) is 11.2 Å². The molecule has 88 valence electrons. The summed E-state index contributed by atoms with van der Waals surface area (Å²) < 4.78 is 0. The average molecular weight is 235 g/mol. The highest BCUT2D eigenvalue weighted by Crippen LogP contribution is 2.42. The Balaban J connectivity index is 2.45. The second-order valence-electron chi connectivity index (χ2n) is 4.09. The predicted molar refractivity (Wildman–Crippen MR) is 56.7 cm³/mol. The van der Waals surface area contributed by atoms with Crippen LogP contribution in [0.15, 0.2) is 24.3 Å². The van der Waals surface area contributed by atoms with E-state index in [1.54, 1.807) is 0 Å². The Morgan fingerprint density at radius 1 is 1.41 bits per heavy atom. The highest BCUT2D eigenvalue weighted by molar-refractivity contribution is 6.01. The van der Waals surface area contributed by atoms with Crippen molar-refractivity contribution >= 4 is 17.4 Å². The Morgan fingerprint density at radius 2 is 2.06 bits per heavy atom. The highest BCUT2D eigenvalue weighted by atomic mass is 16.6. The molecule has 0 radical (unpaired) electrons. The minimum Gasteiger partial charge on any atom is -0.481 e. The van der Waals surface area contributed by atoms with E-state index in [9.17, 15) is 19.7 Å². The van der Waals surface area contributed by atoms with Gasteiger partial charge in [-0.2, -0.15) is 0 Å². The summed E-state index contributed by atoms with van der Waals surface area (Å²) in [6.07, 6.45) is -0.187. The molecule has 0 atom stereocenters. The van der Waals surface area contributed by atoms with Crippen molar-refractivity contribution in [1.82, 2.24) is 0 Å². The number of nitrogens with zero attached hydrogens (tertiary/aromatic N) is 1. The van der Waals surface area contributed by atoms with Gasteiger partial charge in [0, 0.05) is 25.0 Å². The van der Waals surface area contributed by atoms with Crippen molar-refractivity contribution in [2.45, 2.75) is 18.3 Å². The minimum atomic E-state index is -1.27. The second kappa shape index (κ2) is 3.65. The van der Waals surface area contributed by atoms with Crippen molar-refractivity contribution < 1.29 is 19.6 Å². The molecule has 0 saturated heterocycles. The largest absolute Gasteiger partial charge is 0.481 e. The van der Waals surface area contributed by atoms with Crippen LogP contribution < -0.4 is 0 Å². The summed E-state index contributed by atoms with van der Waals surface area (Å²) >= 11 is 0. The molecule has 1 N–H and O–H groups in total. The lowest BCUT2D eigenvalue weighted by molar-refractivity contribution is -0.385. The monoisotopic (exact) mass is 235 g/mol. The molecule has 1 aromatic rings. The van der Waals surface area contributed by atoms with Crippen LogP contribution in [-0.4, -0.2) is 21.8 Å². The van der Waals surface area contributed by atoms with Crippen molar-refractivity contribution in [2.24, 2.45) is 0 Å². The number of rotatable bonds is 3. The van der Waals surface area contributed by atoms with E-state index in [0.717, 1.165) is 0 Å². The number of Topliss-reactive ketones (excluding diaryl/α,β-unsaturated/α-hetero) is 1. The topological polar surface area (TPSA) is 97.5 Å². The summed E-state index contributed by atoms with van der Waals surface area (Å²) in [4.78, 5) is 32.3. The third-order valence-corrected chi connectivity index (χ3v) is 3.02. The molecular formula is C11H9NO5. The van der Waals surface area contributed by atoms with Gasteiger partial charge >= 0.3 is 5.97 Å². The summed E-state index contributed by atoms with van der Waals surface area (Å²) in [6.45, 7) is 0. The molecule has 2 rings (SSSR count). The fraction of sp³-hybridized carbons (Fsp3) is 0.273. The normalized spacial score (nSPS) is 17.3. The number of carboxylic acid groups (broad SMARTS) is 1. The van der Waals surface area contributed by atoms with Gasteiger partial charge in [0.05, 0.1) is 4.92 Å². The highest BCUT2D eigenvalue weighted by Gasteiger charge is 2.51. The first kappa shape index (κ1) is 11.3. The standard InChI is InChI=1S/C11H9NO5/c13-9-5-11(6-9,10(14)15)7-2-1-3-8(4-7)12(16)17/h1-4H,5-6H2,(H,14,15). The lowest BCUT2D eigenvalue weighted by Crippen LogP contribution is -2.48. The third-order valence-electron chi connectivity index (χ3n) is 3.02. The number of aliphatic carboxylic acids is 1. The van der Waals surface area contributed by atoms with Crippen molar-refractivity contribution in [1.29, 1.82) is 0 Å². The van der Waals surface area contributed by atoms with Crippen LogP contribution in [0.25, 0.3) is 0 Å². The number of nitro benzene ring substituents is 1. The Hall–Kier alpha value is -2.24. The van der Waals surface area contributed by atoms with Crippen LogP contribution in [-0.2, 0) is 15.0 Å². The number of nitro groups is 1. The van der Waals surface area contributed by atoms with Gasteiger partial charge in [-0.15, -0.1) is 0 Å². The number of carboxylic acids is 1. The van der Waals surface area contributed by atoms with Gasteiger partial charge in [-0.25, -0.2) is 0 Å². The van der Waals surface area contributed by atoms with Crippen LogP contribution in [0.3, 0.4) is 0 Å². The Bertz CT molecular complexity index is 514. The molecule has 0 bridgehead atoms. The van der Waals surface area contributed by atoms with E-state index in [1.165, 1.54) is 24.3 Å². The molecule has 1 saturated carbocycles. The zero-order chi connectivity index (χ0) is 12.6. The molecule has 1 aliphatic rings. The van der Waals surface area contributed by atoms with E-state index in [1.807, 2.05) is 0 Å². The lowest BCUT2D eigenvalue weighted by atomic mass is 9.63. The molecule has 1 aliphatic carbocycles. The lowest BCUT2D eigenvalue weighted by Gasteiger charge is -2.36. The number of hydrogen-bond acceptors (Lipinski definition) is 4.